The molecule has 7 nitrogen and oxygen atoms in total. The number of rotatable bonds is 10. The molecule has 1 aliphatic carbocycles. The van der Waals surface area contributed by atoms with Crippen LogP contribution in [0.5, 0.6) is 11.5 Å². The summed E-state index contributed by atoms with van der Waals surface area (Å²) in [5.74, 6) is 0.210. The molecule has 2 N–H and O–H groups in total. The van der Waals surface area contributed by atoms with Gasteiger partial charge < -0.3 is 15.1 Å². The van der Waals surface area contributed by atoms with Gasteiger partial charge in [0.25, 0.3) is 5.09 Å². The molecule has 156 valence electrons. The van der Waals surface area contributed by atoms with Gasteiger partial charge >= 0.3 is 0 Å². The normalized spacial score (nSPS) is 17.5. The highest BCUT2D eigenvalue weighted by Crippen LogP contribution is 2.44. The van der Waals surface area contributed by atoms with Crippen LogP contribution < -0.4 is 0 Å². The lowest BCUT2D eigenvalue weighted by Gasteiger charge is -2.28. The first-order valence-electron chi connectivity index (χ1n) is 10.1. The summed E-state index contributed by atoms with van der Waals surface area (Å²) in [6.45, 7) is 4.27. The molecule has 1 aliphatic rings. The van der Waals surface area contributed by atoms with Crippen molar-refractivity contribution in [3.05, 3.63) is 33.4 Å². The highest BCUT2D eigenvalue weighted by atomic mass is 16.9. The molecule has 0 bridgehead atoms. The molecule has 0 amide bonds. The van der Waals surface area contributed by atoms with Crippen molar-refractivity contribution in [2.75, 3.05) is 6.61 Å². The van der Waals surface area contributed by atoms with Gasteiger partial charge in [0.2, 0.25) is 0 Å². The van der Waals surface area contributed by atoms with Crippen LogP contribution in [0, 0.1) is 10.1 Å². The van der Waals surface area contributed by atoms with Crippen molar-refractivity contribution in [3.63, 3.8) is 0 Å². The summed E-state index contributed by atoms with van der Waals surface area (Å²) in [4.78, 5) is 26.1. The zero-order valence-electron chi connectivity index (χ0n) is 16.8. The molecule has 0 saturated heterocycles. The van der Waals surface area contributed by atoms with Crippen molar-refractivity contribution in [1.29, 1.82) is 0 Å². The Morgan fingerprint density at radius 2 is 1.82 bits per heavy atom. The van der Waals surface area contributed by atoms with Gasteiger partial charge in [-0.05, 0) is 54.7 Å². The van der Waals surface area contributed by atoms with Crippen LogP contribution in [0.3, 0.4) is 0 Å². The molecule has 1 fully saturated rings. The van der Waals surface area contributed by atoms with Crippen LogP contribution in [-0.4, -0.2) is 27.7 Å². The average Bonchev–Trinajstić information content (AvgIpc) is 2.60. The van der Waals surface area contributed by atoms with Gasteiger partial charge in [-0.15, -0.1) is 10.1 Å². The van der Waals surface area contributed by atoms with Crippen LogP contribution >= 0.6 is 0 Å². The Bertz CT molecular complexity index is 677. The van der Waals surface area contributed by atoms with Crippen molar-refractivity contribution in [2.24, 2.45) is 0 Å². The topological polar surface area (TPSA) is 110 Å². The van der Waals surface area contributed by atoms with E-state index in [1.54, 1.807) is 12.1 Å². The predicted octanol–water partition coefficient (Wildman–Crippen LogP) is 4.76. The number of benzene rings is 1. The Balaban J connectivity index is 1.94. The number of phenolic OH excluding ortho intramolecular Hbond substituents is 2. The largest absolute Gasteiger partial charge is 0.508 e. The number of ketones is 1. The van der Waals surface area contributed by atoms with E-state index in [1.165, 1.54) is 0 Å². The minimum absolute atomic E-state index is 0.0692. The summed E-state index contributed by atoms with van der Waals surface area (Å²) >= 11 is 0. The molecule has 0 spiro atoms. The molecular weight excluding hydrogens is 362 g/mol. The van der Waals surface area contributed by atoms with Crippen molar-refractivity contribution in [3.8, 4) is 11.5 Å². The summed E-state index contributed by atoms with van der Waals surface area (Å²) in [7, 11) is 0. The lowest BCUT2D eigenvalue weighted by atomic mass is 9.77. The molecule has 0 aliphatic heterocycles. The van der Waals surface area contributed by atoms with Crippen LogP contribution in [0.2, 0.25) is 0 Å². The third kappa shape index (κ3) is 6.11. The number of phenols is 2. The summed E-state index contributed by atoms with van der Waals surface area (Å²) in [5.41, 5.74) is 1.14. The van der Waals surface area contributed by atoms with Gasteiger partial charge in [-0.3, -0.25) is 4.79 Å². The number of unbranched alkanes of at least 4 members (excludes halogenated alkanes) is 3. The Morgan fingerprint density at radius 3 is 2.43 bits per heavy atom. The summed E-state index contributed by atoms with van der Waals surface area (Å²) < 4.78 is 0. The Labute approximate surface area is 165 Å². The second-order valence-corrected chi connectivity index (χ2v) is 8.37. The van der Waals surface area contributed by atoms with Crippen molar-refractivity contribution >= 4 is 5.78 Å². The zero-order chi connectivity index (χ0) is 20.7. The van der Waals surface area contributed by atoms with E-state index in [-0.39, 0.29) is 35.2 Å². The fourth-order valence-electron chi connectivity index (χ4n) is 4.01. The quantitative estimate of drug-likeness (QED) is 0.337. The summed E-state index contributed by atoms with van der Waals surface area (Å²) in [5, 5.41) is 30.4. The highest BCUT2D eigenvalue weighted by Gasteiger charge is 2.28. The number of aromatic hydroxyl groups is 2. The van der Waals surface area contributed by atoms with E-state index in [4.69, 9.17) is 0 Å². The van der Waals surface area contributed by atoms with Gasteiger partial charge in [0, 0.05) is 18.4 Å². The molecule has 1 aromatic carbocycles. The lowest BCUT2D eigenvalue weighted by molar-refractivity contribution is -0.757. The van der Waals surface area contributed by atoms with Crippen molar-refractivity contribution in [2.45, 2.75) is 83.0 Å². The van der Waals surface area contributed by atoms with Gasteiger partial charge in [-0.25, -0.2) is 0 Å². The molecule has 1 aromatic rings. The first kappa shape index (κ1) is 22.0. The van der Waals surface area contributed by atoms with Gasteiger partial charge in [0.15, 0.2) is 0 Å². The first-order valence-corrected chi connectivity index (χ1v) is 10.1. The maximum absolute atomic E-state index is 11.7. The van der Waals surface area contributed by atoms with Crippen molar-refractivity contribution in [1.82, 2.24) is 0 Å². The van der Waals surface area contributed by atoms with Gasteiger partial charge in [0.05, 0.1) is 6.61 Å². The monoisotopic (exact) mass is 393 g/mol. The standard InChI is InChI=1S/C21H31NO6/c1-21(2,10-5-3-4-6-11-28-22(26)27)16-13-18(24)20(19(25)14-16)15-8-7-9-17(23)12-15/h13-15,24-25H,3-12H2,1-2H3. The van der Waals surface area contributed by atoms with E-state index in [2.05, 4.69) is 18.7 Å². The van der Waals surface area contributed by atoms with E-state index in [9.17, 15) is 25.1 Å². The zero-order valence-corrected chi connectivity index (χ0v) is 16.8. The van der Waals surface area contributed by atoms with Crippen LogP contribution in [0.1, 0.15) is 88.7 Å². The fraction of sp³-hybridized carbons (Fsp3) is 0.667. The Kier molecular flexibility index (Phi) is 7.66. The first-order chi connectivity index (χ1) is 13.2. The Morgan fingerprint density at radius 1 is 1.18 bits per heavy atom. The number of carbonyl (C=O) groups excluding carboxylic acids is 1. The lowest BCUT2D eigenvalue weighted by Crippen LogP contribution is -2.18. The van der Waals surface area contributed by atoms with E-state index >= 15 is 0 Å². The van der Waals surface area contributed by atoms with Crippen LogP contribution in [0.25, 0.3) is 0 Å². The van der Waals surface area contributed by atoms with E-state index in [0.717, 1.165) is 44.1 Å². The second-order valence-electron chi connectivity index (χ2n) is 8.37. The molecule has 1 unspecified atom stereocenters. The van der Waals surface area contributed by atoms with Crippen molar-refractivity contribution < 1.29 is 24.9 Å². The minimum Gasteiger partial charge on any atom is -0.508 e. The number of hydrogen-bond donors (Lipinski definition) is 2. The third-order valence-electron chi connectivity index (χ3n) is 5.70. The van der Waals surface area contributed by atoms with Gasteiger partial charge in [-0.2, -0.15) is 0 Å². The molecule has 28 heavy (non-hydrogen) atoms. The maximum Gasteiger partial charge on any atom is 0.294 e. The number of hydrogen-bond acceptors (Lipinski definition) is 6. The average molecular weight is 393 g/mol. The van der Waals surface area contributed by atoms with E-state index in [1.807, 2.05) is 0 Å². The summed E-state index contributed by atoms with van der Waals surface area (Å²) in [6.07, 6.45) is 6.80. The van der Waals surface area contributed by atoms with Gasteiger partial charge in [-0.1, -0.05) is 33.1 Å². The van der Waals surface area contributed by atoms with E-state index < -0.39 is 5.09 Å². The maximum atomic E-state index is 11.7. The third-order valence-corrected chi connectivity index (χ3v) is 5.70. The summed E-state index contributed by atoms with van der Waals surface area (Å²) in [6, 6.07) is 3.44. The molecular formula is C21H31NO6. The molecule has 0 aromatic heterocycles. The minimum atomic E-state index is -0.769. The molecule has 0 heterocycles. The smallest absolute Gasteiger partial charge is 0.294 e. The highest BCUT2D eigenvalue weighted by molar-refractivity contribution is 5.80. The van der Waals surface area contributed by atoms with Crippen LogP contribution in [0.4, 0.5) is 0 Å². The SMILES string of the molecule is CC(C)(CCCCCCO[N+](=O)[O-])c1cc(O)c(C2CCCC(=O)C2)c(O)c1. The molecule has 1 saturated carbocycles. The fourth-order valence-corrected chi connectivity index (χ4v) is 4.01. The molecule has 7 heteroatoms. The van der Waals surface area contributed by atoms with Gasteiger partial charge in [0.1, 0.15) is 17.3 Å². The number of Topliss-reactive ketones (excluding diaryl/α,β-unsaturated/α-hetero) is 1. The molecule has 1 atom stereocenters. The number of nitrogens with zero attached hydrogens (tertiary/aromatic N) is 1. The van der Waals surface area contributed by atoms with E-state index in [0.29, 0.717) is 24.8 Å². The van der Waals surface area contributed by atoms with Crippen LogP contribution in [0.15, 0.2) is 12.1 Å². The molecule has 2 rings (SSSR count). The molecule has 0 radical (unpaired) electrons. The predicted molar refractivity (Wildman–Crippen MR) is 105 cm³/mol. The Hall–Kier alpha value is -2.31. The number of carbonyl (C=O) groups is 1. The second kappa shape index (κ2) is 9.75. The van der Waals surface area contributed by atoms with Crippen LogP contribution in [-0.2, 0) is 15.0 Å².